The SMILES string of the molecule is CCNC(Cc1cccc(Br)c1)c1cnn2ccncc12. The number of nitrogens with zero attached hydrogens (tertiary/aromatic N) is 3. The van der Waals surface area contributed by atoms with Crippen molar-refractivity contribution in [3.8, 4) is 0 Å². The number of benzene rings is 1. The fourth-order valence-corrected chi connectivity index (χ4v) is 3.01. The number of halogens is 1. The highest BCUT2D eigenvalue weighted by Crippen LogP contribution is 2.23. The van der Waals surface area contributed by atoms with Gasteiger partial charge in [0.1, 0.15) is 0 Å². The van der Waals surface area contributed by atoms with Crippen LogP contribution in [0.25, 0.3) is 5.52 Å². The fourth-order valence-electron chi connectivity index (χ4n) is 2.56. The first kappa shape index (κ1) is 14.2. The summed E-state index contributed by atoms with van der Waals surface area (Å²) in [5, 5.41) is 7.96. The average Bonchev–Trinajstić information content (AvgIpc) is 2.91. The summed E-state index contributed by atoms with van der Waals surface area (Å²) < 4.78 is 2.98. The average molecular weight is 345 g/mol. The molecule has 1 unspecified atom stereocenters. The van der Waals surface area contributed by atoms with Crippen molar-refractivity contribution in [2.45, 2.75) is 19.4 Å². The Morgan fingerprint density at radius 2 is 2.24 bits per heavy atom. The van der Waals surface area contributed by atoms with Crippen LogP contribution in [0.3, 0.4) is 0 Å². The number of nitrogens with one attached hydrogen (secondary N) is 1. The molecule has 21 heavy (non-hydrogen) atoms. The van der Waals surface area contributed by atoms with Gasteiger partial charge in [-0.3, -0.25) is 4.98 Å². The highest BCUT2D eigenvalue weighted by molar-refractivity contribution is 9.10. The maximum Gasteiger partial charge on any atom is 0.0892 e. The van der Waals surface area contributed by atoms with Gasteiger partial charge in [0.15, 0.2) is 0 Å². The van der Waals surface area contributed by atoms with Gasteiger partial charge in [0.2, 0.25) is 0 Å². The Morgan fingerprint density at radius 1 is 1.33 bits per heavy atom. The van der Waals surface area contributed by atoms with Gasteiger partial charge in [-0.05, 0) is 30.7 Å². The van der Waals surface area contributed by atoms with Crippen LogP contribution in [0, 0.1) is 0 Å². The maximum absolute atomic E-state index is 4.41. The molecule has 4 nitrogen and oxygen atoms in total. The lowest BCUT2D eigenvalue weighted by Gasteiger charge is -2.17. The van der Waals surface area contributed by atoms with Gasteiger partial charge in [0.05, 0.1) is 17.9 Å². The monoisotopic (exact) mass is 344 g/mol. The van der Waals surface area contributed by atoms with Gasteiger partial charge in [0.25, 0.3) is 0 Å². The molecule has 1 atom stereocenters. The van der Waals surface area contributed by atoms with Crippen LogP contribution in [0.4, 0.5) is 0 Å². The predicted octanol–water partition coefficient (Wildman–Crippen LogP) is 3.39. The van der Waals surface area contributed by atoms with Gasteiger partial charge in [-0.25, -0.2) is 4.52 Å². The Bertz CT molecular complexity index is 738. The zero-order valence-electron chi connectivity index (χ0n) is 11.8. The van der Waals surface area contributed by atoms with Crippen LogP contribution in [-0.2, 0) is 6.42 Å². The molecule has 2 aromatic heterocycles. The fraction of sp³-hybridized carbons (Fsp3) is 0.250. The molecule has 3 aromatic rings. The van der Waals surface area contributed by atoms with Crippen LogP contribution in [-0.4, -0.2) is 21.1 Å². The quantitative estimate of drug-likeness (QED) is 0.771. The molecule has 0 aliphatic carbocycles. The molecule has 0 saturated heterocycles. The van der Waals surface area contributed by atoms with Crippen molar-refractivity contribution in [1.29, 1.82) is 0 Å². The molecule has 0 fully saturated rings. The van der Waals surface area contributed by atoms with Crippen LogP contribution < -0.4 is 5.32 Å². The van der Waals surface area contributed by atoms with E-state index in [4.69, 9.17) is 0 Å². The number of hydrogen-bond acceptors (Lipinski definition) is 3. The molecule has 1 N–H and O–H groups in total. The molecule has 0 saturated carbocycles. The number of fused-ring (bicyclic) bond motifs is 1. The lowest BCUT2D eigenvalue weighted by atomic mass is 10.0. The van der Waals surface area contributed by atoms with Gasteiger partial charge in [-0.2, -0.15) is 5.10 Å². The second kappa shape index (κ2) is 6.37. The molecule has 0 amide bonds. The Labute approximate surface area is 132 Å². The first-order chi connectivity index (χ1) is 10.3. The standard InChI is InChI=1S/C16H17BrN4/c1-2-19-15(9-12-4-3-5-13(17)8-12)14-10-20-21-7-6-18-11-16(14)21/h3-8,10-11,15,19H,2,9H2,1H3. The smallest absolute Gasteiger partial charge is 0.0892 e. The van der Waals surface area contributed by atoms with Crippen LogP contribution in [0.1, 0.15) is 24.1 Å². The molecule has 3 rings (SSSR count). The van der Waals surface area contributed by atoms with E-state index in [1.54, 1.807) is 6.20 Å². The van der Waals surface area contributed by atoms with Crippen LogP contribution >= 0.6 is 15.9 Å². The van der Waals surface area contributed by atoms with Gasteiger partial charge in [-0.1, -0.05) is 35.0 Å². The number of rotatable bonds is 5. The zero-order valence-corrected chi connectivity index (χ0v) is 13.4. The molecular weight excluding hydrogens is 328 g/mol. The predicted molar refractivity (Wildman–Crippen MR) is 87.3 cm³/mol. The summed E-state index contributed by atoms with van der Waals surface area (Å²) in [6.07, 6.45) is 8.35. The molecule has 1 aromatic carbocycles. The Kier molecular flexibility index (Phi) is 4.31. The third kappa shape index (κ3) is 3.14. The highest BCUT2D eigenvalue weighted by atomic mass is 79.9. The molecule has 0 radical (unpaired) electrons. The van der Waals surface area contributed by atoms with E-state index in [1.807, 2.05) is 29.2 Å². The number of aromatic nitrogens is 3. The third-order valence-electron chi connectivity index (χ3n) is 3.51. The van der Waals surface area contributed by atoms with E-state index < -0.39 is 0 Å². The van der Waals surface area contributed by atoms with E-state index in [0.717, 1.165) is 23.0 Å². The Hall–Kier alpha value is -1.72. The lowest BCUT2D eigenvalue weighted by Crippen LogP contribution is -2.22. The largest absolute Gasteiger partial charge is 0.310 e. The summed E-state index contributed by atoms with van der Waals surface area (Å²) in [6, 6.07) is 8.66. The minimum Gasteiger partial charge on any atom is -0.310 e. The normalized spacial score (nSPS) is 12.7. The Balaban J connectivity index is 1.94. The van der Waals surface area contributed by atoms with Crippen LogP contribution in [0.5, 0.6) is 0 Å². The highest BCUT2D eigenvalue weighted by Gasteiger charge is 2.16. The summed E-state index contributed by atoms with van der Waals surface area (Å²) in [4.78, 5) is 4.21. The van der Waals surface area contributed by atoms with Crippen molar-refractivity contribution in [2.24, 2.45) is 0 Å². The Morgan fingerprint density at radius 3 is 3.05 bits per heavy atom. The molecular formula is C16H17BrN4. The summed E-state index contributed by atoms with van der Waals surface area (Å²) in [7, 11) is 0. The summed E-state index contributed by atoms with van der Waals surface area (Å²) in [6.45, 7) is 3.04. The van der Waals surface area contributed by atoms with Gasteiger partial charge < -0.3 is 5.32 Å². The van der Waals surface area contributed by atoms with E-state index in [9.17, 15) is 0 Å². The number of likely N-dealkylation sites (N-methyl/N-ethyl adjacent to an activating group) is 1. The zero-order chi connectivity index (χ0) is 14.7. The number of hydrogen-bond donors (Lipinski definition) is 1. The van der Waals surface area contributed by atoms with Crippen LogP contribution in [0.2, 0.25) is 0 Å². The van der Waals surface area contributed by atoms with Crippen molar-refractivity contribution < 1.29 is 0 Å². The van der Waals surface area contributed by atoms with Crippen LogP contribution in [0.15, 0.2) is 53.5 Å². The van der Waals surface area contributed by atoms with E-state index in [-0.39, 0.29) is 6.04 Å². The van der Waals surface area contributed by atoms with Gasteiger partial charge in [-0.15, -0.1) is 0 Å². The van der Waals surface area contributed by atoms with E-state index >= 15 is 0 Å². The minimum atomic E-state index is 0.228. The topological polar surface area (TPSA) is 42.2 Å². The first-order valence-electron chi connectivity index (χ1n) is 7.03. The van der Waals surface area contributed by atoms with Gasteiger partial charge in [0, 0.05) is 28.5 Å². The van der Waals surface area contributed by atoms with Crippen molar-refractivity contribution >= 4 is 21.4 Å². The molecule has 2 heterocycles. The van der Waals surface area contributed by atoms with Gasteiger partial charge >= 0.3 is 0 Å². The molecule has 5 heteroatoms. The molecule has 108 valence electrons. The summed E-state index contributed by atoms with van der Waals surface area (Å²) in [5.74, 6) is 0. The molecule has 0 spiro atoms. The van der Waals surface area contributed by atoms with E-state index in [2.05, 4.69) is 56.5 Å². The second-order valence-electron chi connectivity index (χ2n) is 4.95. The lowest BCUT2D eigenvalue weighted by molar-refractivity contribution is 0.553. The first-order valence-corrected chi connectivity index (χ1v) is 7.82. The summed E-state index contributed by atoms with van der Waals surface area (Å²) in [5.41, 5.74) is 3.53. The minimum absolute atomic E-state index is 0.228. The third-order valence-corrected chi connectivity index (χ3v) is 4.00. The van der Waals surface area contributed by atoms with E-state index in [0.29, 0.717) is 0 Å². The van der Waals surface area contributed by atoms with E-state index in [1.165, 1.54) is 11.1 Å². The molecule has 0 aliphatic heterocycles. The van der Waals surface area contributed by atoms with Crippen molar-refractivity contribution in [2.75, 3.05) is 6.54 Å². The van der Waals surface area contributed by atoms with Crippen molar-refractivity contribution in [3.05, 3.63) is 64.7 Å². The van der Waals surface area contributed by atoms with Crippen molar-refractivity contribution in [1.82, 2.24) is 19.9 Å². The summed E-state index contributed by atoms with van der Waals surface area (Å²) >= 11 is 3.53. The van der Waals surface area contributed by atoms with Crippen molar-refractivity contribution in [3.63, 3.8) is 0 Å². The molecule has 0 bridgehead atoms. The molecule has 0 aliphatic rings. The maximum atomic E-state index is 4.41. The second-order valence-corrected chi connectivity index (χ2v) is 5.87.